The van der Waals surface area contributed by atoms with E-state index in [4.69, 9.17) is 0 Å². The zero-order valence-electron chi connectivity index (χ0n) is 12.0. The Balaban J connectivity index is 1.79. The molecular weight excluding hydrogens is 236 g/mol. The number of pyridine rings is 1. The average Bonchev–Trinajstić information content (AvgIpc) is 2.75. The topological polar surface area (TPSA) is 42.7 Å². The quantitative estimate of drug-likeness (QED) is 0.898. The highest BCUT2D eigenvalue weighted by atomic mass is 15.1. The summed E-state index contributed by atoms with van der Waals surface area (Å²) < 4.78 is 2.03. The van der Waals surface area contributed by atoms with Crippen LogP contribution in [0.15, 0.2) is 18.6 Å². The van der Waals surface area contributed by atoms with Crippen molar-refractivity contribution in [2.75, 3.05) is 5.32 Å². The normalized spacial score (nSPS) is 19.7. The Morgan fingerprint density at radius 3 is 2.74 bits per heavy atom. The molecule has 1 N–H and O–H groups in total. The van der Waals surface area contributed by atoms with Crippen LogP contribution in [0.25, 0.3) is 11.0 Å². The van der Waals surface area contributed by atoms with Gasteiger partial charge in [0.05, 0.1) is 11.8 Å². The number of nitrogens with zero attached hydrogens (tertiary/aromatic N) is 3. The molecule has 102 valence electrons. The molecule has 19 heavy (non-hydrogen) atoms. The fourth-order valence-electron chi connectivity index (χ4n) is 2.90. The predicted octanol–water partition coefficient (Wildman–Crippen LogP) is 3.35. The van der Waals surface area contributed by atoms with Crippen LogP contribution in [-0.2, 0) is 7.05 Å². The van der Waals surface area contributed by atoms with E-state index in [2.05, 4.69) is 29.1 Å². The fourth-order valence-corrected chi connectivity index (χ4v) is 2.90. The van der Waals surface area contributed by atoms with Gasteiger partial charge >= 0.3 is 0 Å². The van der Waals surface area contributed by atoms with Crippen LogP contribution < -0.4 is 5.32 Å². The molecule has 3 rings (SSSR count). The van der Waals surface area contributed by atoms with Crippen LogP contribution in [0.3, 0.4) is 0 Å². The van der Waals surface area contributed by atoms with E-state index in [9.17, 15) is 0 Å². The molecule has 2 heterocycles. The number of fused-ring (bicyclic) bond motifs is 1. The Labute approximate surface area is 114 Å². The maximum Gasteiger partial charge on any atom is 0.154 e. The number of nitrogens with one attached hydrogen (secondary N) is 1. The van der Waals surface area contributed by atoms with E-state index in [-0.39, 0.29) is 0 Å². The van der Waals surface area contributed by atoms with Gasteiger partial charge in [-0.05, 0) is 37.2 Å². The lowest BCUT2D eigenvalue weighted by Gasteiger charge is -2.34. The fraction of sp³-hybridized carbons (Fsp3) is 0.600. The summed E-state index contributed by atoms with van der Waals surface area (Å²) in [6.07, 6.45) is 8.71. The minimum Gasteiger partial charge on any atom is -0.365 e. The van der Waals surface area contributed by atoms with E-state index in [1.807, 2.05) is 30.2 Å². The lowest BCUT2D eigenvalue weighted by atomic mass is 9.75. The van der Waals surface area contributed by atoms with Crippen LogP contribution in [0.1, 0.15) is 39.5 Å². The highest BCUT2D eigenvalue weighted by Crippen LogP contribution is 2.36. The Kier molecular flexibility index (Phi) is 2.96. The minimum atomic E-state index is 0.503. The van der Waals surface area contributed by atoms with Gasteiger partial charge in [-0.25, -0.2) is 9.97 Å². The molecule has 1 aliphatic carbocycles. The number of aryl methyl sites for hydroxylation is 1. The molecule has 0 saturated heterocycles. The molecule has 4 nitrogen and oxygen atoms in total. The molecule has 2 aromatic rings. The molecule has 2 aromatic heterocycles. The summed E-state index contributed by atoms with van der Waals surface area (Å²) >= 11 is 0. The lowest BCUT2D eigenvalue weighted by molar-refractivity contribution is 0.232. The van der Waals surface area contributed by atoms with Gasteiger partial charge in [-0.3, -0.25) is 0 Å². The molecule has 0 amide bonds. The summed E-state index contributed by atoms with van der Waals surface area (Å²) in [6, 6.07) is 2.55. The Morgan fingerprint density at radius 1 is 1.26 bits per heavy atom. The number of aromatic nitrogens is 3. The first-order valence-electron chi connectivity index (χ1n) is 7.08. The van der Waals surface area contributed by atoms with Crippen molar-refractivity contribution in [1.29, 1.82) is 0 Å². The highest BCUT2D eigenvalue weighted by molar-refractivity contribution is 5.85. The maximum atomic E-state index is 4.46. The monoisotopic (exact) mass is 258 g/mol. The summed E-state index contributed by atoms with van der Waals surface area (Å²) in [7, 11) is 2.02. The Morgan fingerprint density at radius 2 is 2.00 bits per heavy atom. The van der Waals surface area contributed by atoms with Gasteiger partial charge in [0.25, 0.3) is 0 Å². The van der Waals surface area contributed by atoms with Crippen LogP contribution in [0.5, 0.6) is 0 Å². The SMILES string of the molecule is Cn1cnc2c(NC3CCC(C)(C)CC3)nccc21. The van der Waals surface area contributed by atoms with Crippen LogP contribution >= 0.6 is 0 Å². The predicted molar refractivity (Wildman–Crippen MR) is 78.2 cm³/mol. The van der Waals surface area contributed by atoms with Gasteiger partial charge in [0.2, 0.25) is 0 Å². The molecule has 1 fully saturated rings. The van der Waals surface area contributed by atoms with Crippen molar-refractivity contribution in [3.63, 3.8) is 0 Å². The zero-order chi connectivity index (χ0) is 13.5. The van der Waals surface area contributed by atoms with Gasteiger partial charge in [-0.1, -0.05) is 13.8 Å². The van der Waals surface area contributed by atoms with Gasteiger partial charge in [-0.15, -0.1) is 0 Å². The lowest BCUT2D eigenvalue weighted by Crippen LogP contribution is -2.30. The first-order valence-corrected chi connectivity index (χ1v) is 7.08. The van der Waals surface area contributed by atoms with E-state index in [1.54, 1.807) is 0 Å². The van der Waals surface area contributed by atoms with Gasteiger partial charge in [-0.2, -0.15) is 0 Å². The Hall–Kier alpha value is -1.58. The molecule has 0 aliphatic heterocycles. The molecule has 0 aromatic carbocycles. The van der Waals surface area contributed by atoms with Crippen LogP contribution in [0.2, 0.25) is 0 Å². The summed E-state index contributed by atoms with van der Waals surface area (Å²) in [6.45, 7) is 4.72. The Bertz CT molecular complexity index is 575. The van der Waals surface area contributed by atoms with Crippen molar-refractivity contribution in [1.82, 2.24) is 14.5 Å². The van der Waals surface area contributed by atoms with E-state index >= 15 is 0 Å². The maximum absolute atomic E-state index is 4.46. The number of imidazole rings is 1. The average molecular weight is 258 g/mol. The molecule has 0 unspecified atom stereocenters. The van der Waals surface area contributed by atoms with Crippen molar-refractivity contribution in [3.8, 4) is 0 Å². The van der Waals surface area contributed by atoms with Crippen LogP contribution in [0.4, 0.5) is 5.82 Å². The second kappa shape index (κ2) is 4.51. The standard InChI is InChI=1S/C15H22N4/c1-15(2)7-4-11(5-8-15)18-14-13-12(6-9-16-14)19(3)10-17-13/h6,9-11H,4-5,7-8H2,1-3H3,(H,16,18). The summed E-state index contributed by atoms with van der Waals surface area (Å²) in [4.78, 5) is 8.91. The van der Waals surface area contributed by atoms with Gasteiger partial charge in [0.15, 0.2) is 5.82 Å². The van der Waals surface area contributed by atoms with Crippen LogP contribution in [0, 0.1) is 5.41 Å². The molecule has 1 aliphatic rings. The molecule has 0 atom stereocenters. The molecule has 0 bridgehead atoms. The van der Waals surface area contributed by atoms with Crippen molar-refractivity contribution < 1.29 is 0 Å². The first-order chi connectivity index (χ1) is 9.05. The van der Waals surface area contributed by atoms with E-state index in [0.29, 0.717) is 11.5 Å². The van der Waals surface area contributed by atoms with Gasteiger partial charge < -0.3 is 9.88 Å². The van der Waals surface area contributed by atoms with E-state index < -0.39 is 0 Å². The van der Waals surface area contributed by atoms with Crippen LogP contribution in [-0.4, -0.2) is 20.6 Å². The van der Waals surface area contributed by atoms with E-state index in [0.717, 1.165) is 16.9 Å². The summed E-state index contributed by atoms with van der Waals surface area (Å²) in [5.41, 5.74) is 2.62. The third-order valence-corrected chi connectivity index (χ3v) is 4.32. The number of hydrogen-bond acceptors (Lipinski definition) is 3. The third kappa shape index (κ3) is 2.44. The molecule has 1 saturated carbocycles. The third-order valence-electron chi connectivity index (χ3n) is 4.32. The molecular formula is C15H22N4. The van der Waals surface area contributed by atoms with Gasteiger partial charge in [0.1, 0.15) is 5.52 Å². The zero-order valence-corrected chi connectivity index (χ0v) is 12.0. The number of rotatable bonds is 2. The largest absolute Gasteiger partial charge is 0.365 e. The minimum absolute atomic E-state index is 0.503. The summed E-state index contributed by atoms with van der Waals surface area (Å²) in [5.74, 6) is 0.933. The van der Waals surface area contributed by atoms with Crippen molar-refractivity contribution >= 4 is 16.9 Å². The number of hydrogen-bond donors (Lipinski definition) is 1. The van der Waals surface area contributed by atoms with Crippen molar-refractivity contribution in [2.45, 2.75) is 45.6 Å². The highest BCUT2D eigenvalue weighted by Gasteiger charge is 2.27. The molecule has 0 radical (unpaired) electrons. The smallest absolute Gasteiger partial charge is 0.154 e. The molecule has 0 spiro atoms. The second-order valence-corrected chi connectivity index (χ2v) is 6.47. The summed E-state index contributed by atoms with van der Waals surface area (Å²) in [5, 5.41) is 3.59. The van der Waals surface area contributed by atoms with Gasteiger partial charge in [0, 0.05) is 19.3 Å². The first kappa shape index (κ1) is 12.5. The van der Waals surface area contributed by atoms with Crippen molar-refractivity contribution in [3.05, 3.63) is 18.6 Å². The number of anilines is 1. The molecule has 4 heteroatoms. The van der Waals surface area contributed by atoms with E-state index in [1.165, 1.54) is 25.7 Å². The second-order valence-electron chi connectivity index (χ2n) is 6.47. The van der Waals surface area contributed by atoms with Crippen molar-refractivity contribution in [2.24, 2.45) is 12.5 Å².